The van der Waals surface area contributed by atoms with Crippen molar-refractivity contribution in [3.8, 4) is 23.0 Å². The van der Waals surface area contributed by atoms with E-state index in [2.05, 4.69) is 114 Å². The highest BCUT2D eigenvalue weighted by atomic mass is 16.6. The van der Waals surface area contributed by atoms with Crippen LogP contribution >= 0.6 is 0 Å². The Kier molecular flexibility index (Phi) is 34.1. The van der Waals surface area contributed by atoms with Gasteiger partial charge in [-0.1, -0.05) is 127 Å². The van der Waals surface area contributed by atoms with Crippen LogP contribution in [0.25, 0.3) is 0 Å². The van der Waals surface area contributed by atoms with Crippen LogP contribution in [0.2, 0.25) is 0 Å². The number of hydrogen-bond acceptors (Lipinski definition) is 15. The van der Waals surface area contributed by atoms with Crippen LogP contribution in [0, 0.1) is 0 Å². The van der Waals surface area contributed by atoms with Gasteiger partial charge in [0.2, 0.25) is 23.6 Å². The summed E-state index contributed by atoms with van der Waals surface area (Å²) < 4.78 is 35.1. The Morgan fingerprint density at radius 1 is 0.426 bits per heavy atom. The zero-order valence-corrected chi connectivity index (χ0v) is 71.7. The maximum Gasteiger partial charge on any atom is 0.411 e. The molecule has 0 fully saturated rings. The number of hydrogen-bond donors (Lipinski definition) is 3. The molecule has 115 heavy (non-hydrogen) atoms. The van der Waals surface area contributed by atoms with Gasteiger partial charge in [-0.2, -0.15) is 0 Å². The second-order valence-corrected chi connectivity index (χ2v) is 33.5. The lowest BCUT2D eigenvalue weighted by Crippen LogP contribution is -2.54. The number of fused-ring (bicyclic) bond motifs is 3. The lowest BCUT2D eigenvalue weighted by atomic mass is 9.91. The summed E-state index contributed by atoms with van der Waals surface area (Å²) in [6.45, 7) is 42.7. The third-order valence-electron chi connectivity index (χ3n) is 20.6. The number of para-hydroxylation sites is 1. The summed E-state index contributed by atoms with van der Waals surface area (Å²) in [5.74, 6) is 2.31. The van der Waals surface area contributed by atoms with Crippen molar-refractivity contribution in [2.75, 3.05) is 59.5 Å². The third kappa shape index (κ3) is 27.4. The first-order valence-corrected chi connectivity index (χ1v) is 41.1. The molecule has 3 aliphatic heterocycles. The highest BCUT2D eigenvalue weighted by Gasteiger charge is 2.41. The molecule has 3 heterocycles. The van der Waals surface area contributed by atoms with Crippen molar-refractivity contribution in [2.24, 2.45) is 0 Å². The molecular formula is C94H129N9O12. The summed E-state index contributed by atoms with van der Waals surface area (Å²) in [4.78, 5) is 92.6. The van der Waals surface area contributed by atoms with Gasteiger partial charge in [0.25, 0.3) is 0 Å². The van der Waals surface area contributed by atoms with Crippen molar-refractivity contribution in [1.29, 1.82) is 0 Å². The number of carbonyl (C=O) groups is 6. The van der Waals surface area contributed by atoms with Crippen molar-refractivity contribution in [1.82, 2.24) is 45.3 Å². The zero-order valence-electron chi connectivity index (χ0n) is 71.7. The SMILES string of the molecule is CC(C)N(CCNC(=O)C1Cc2cc(OCc3ccccc3)ccc2CN1C(=O)OC(C)(C)C)C(C)C.CC(C)N(CCNC(=O)C1c2ccc(Oc3ccccc3)cc2CCN1C(=O)OC(C)(C)C)C(C)C.COC(CC(=O)N1CCc2cc(OCc3ccccc3)ccc2C1C(=O)NCCN(C(C)C)C(C)C)c1ccccc1. The number of methoxy groups -OCH3 is 1. The zero-order chi connectivity index (χ0) is 83.7. The smallest absolute Gasteiger partial charge is 0.411 e. The molecule has 4 atom stereocenters. The molecule has 0 aromatic heterocycles. The van der Waals surface area contributed by atoms with Crippen LogP contribution in [-0.4, -0.2) is 178 Å². The number of rotatable bonds is 30. The average molecular weight is 1580 g/mol. The first kappa shape index (κ1) is 90.7. The number of nitrogens with zero attached hydrogens (tertiary/aromatic N) is 6. The normalized spacial score (nSPS) is 15.6. The molecule has 7 aromatic rings. The molecule has 21 heteroatoms. The summed E-state index contributed by atoms with van der Waals surface area (Å²) in [5.41, 5.74) is 7.49. The number of benzene rings is 7. The molecule has 0 saturated carbocycles. The largest absolute Gasteiger partial charge is 0.489 e. The van der Waals surface area contributed by atoms with Crippen LogP contribution in [0.5, 0.6) is 23.0 Å². The van der Waals surface area contributed by atoms with Gasteiger partial charge in [-0.3, -0.25) is 43.7 Å². The molecule has 21 nitrogen and oxygen atoms in total. The van der Waals surface area contributed by atoms with Gasteiger partial charge >= 0.3 is 12.2 Å². The summed E-state index contributed by atoms with van der Waals surface area (Å²) in [5, 5.41) is 9.29. The number of nitrogens with one attached hydrogen (secondary N) is 3. The van der Waals surface area contributed by atoms with Gasteiger partial charge in [-0.15, -0.1) is 0 Å². The molecule has 0 radical (unpaired) electrons. The van der Waals surface area contributed by atoms with E-state index in [1.54, 1.807) is 21.8 Å². The molecule has 0 spiro atoms. The average Bonchev–Trinajstić information content (AvgIpc) is 0.775. The van der Waals surface area contributed by atoms with E-state index in [1.807, 2.05) is 217 Å². The van der Waals surface area contributed by atoms with Crippen LogP contribution < -0.4 is 30.2 Å². The third-order valence-corrected chi connectivity index (χ3v) is 20.6. The fourth-order valence-corrected chi connectivity index (χ4v) is 15.1. The van der Waals surface area contributed by atoms with E-state index in [1.165, 1.54) is 0 Å². The monoisotopic (exact) mass is 1580 g/mol. The topological polar surface area (TPSA) is 213 Å². The Hall–Kier alpha value is -9.80. The van der Waals surface area contributed by atoms with Gasteiger partial charge in [0.1, 0.15) is 65.5 Å². The van der Waals surface area contributed by atoms with E-state index in [0.29, 0.717) is 114 Å². The van der Waals surface area contributed by atoms with E-state index in [-0.39, 0.29) is 36.2 Å². The summed E-state index contributed by atoms with van der Waals surface area (Å²) in [6, 6.07) is 56.9. The van der Waals surface area contributed by atoms with Crippen molar-refractivity contribution >= 4 is 35.8 Å². The van der Waals surface area contributed by atoms with Crippen molar-refractivity contribution in [2.45, 2.75) is 242 Å². The van der Waals surface area contributed by atoms with E-state index in [9.17, 15) is 28.8 Å². The van der Waals surface area contributed by atoms with Gasteiger partial charge in [-0.05, 0) is 236 Å². The number of amides is 6. The highest BCUT2D eigenvalue weighted by molar-refractivity contribution is 5.90. The molecule has 622 valence electrons. The highest BCUT2D eigenvalue weighted by Crippen LogP contribution is 2.38. The maximum atomic E-state index is 13.8. The Morgan fingerprint density at radius 3 is 1.25 bits per heavy atom. The molecule has 3 aliphatic rings. The van der Waals surface area contributed by atoms with Gasteiger partial charge in [0, 0.05) is 102 Å². The van der Waals surface area contributed by atoms with Gasteiger partial charge in [0.15, 0.2) is 0 Å². The fourth-order valence-electron chi connectivity index (χ4n) is 15.1. The van der Waals surface area contributed by atoms with Crippen LogP contribution in [0.1, 0.15) is 199 Å². The molecule has 0 aliphatic carbocycles. The Bertz CT molecular complexity index is 4200. The molecule has 0 saturated heterocycles. The Morgan fingerprint density at radius 2 is 0.809 bits per heavy atom. The Balaban J connectivity index is 0.000000217. The molecule has 3 N–H and O–H groups in total. The summed E-state index contributed by atoms with van der Waals surface area (Å²) in [7, 11) is 1.62. The van der Waals surface area contributed by atoms with Crippen molar-refractivity contribution in [3.05, 3.63) is 226 Å². The molecule has 4 unspecified atom stereocenters. The van der Waals surface area contributed by atoms with Crippen LogP contribution in [0.3, 0.4) is 0 Å². The molecule has 6 amide bonds. The van der Waals surface area contributed by atoms with Gasteiger partial charge in [0.05, 0.1) is 19.1 Å². The minimum Gasteiger partial charge on any atom is -0.489 e. The maximum absolute atomic E-state index is 13.8. The van der Waals surface area contributed by atoms with Gasteiger partial charge < -0.3 is 49.3 Å². The van der Waals surface area contributed by atoms with E-state index in [0.717, 1.165) is 87.0 Å². The van der Waals surface area contributed by atoms with Crippen LogP contribution in [0.4, 0.5) is 9.59 Å². The summed E-state index contributed by atoms with van der Waals surface area (Å²) >= 11 is 0. The number of ether oxygens (including phenoxy) is 6. The van der Waals surface area contributed by atoms with Gasteiger partial charge in [-0.25, -0.2) is 9.59 Å². The first-order chi connectivity index (χ1) is 54.7. The fraction of sp³-hybridized carbons (Fsp3) is 0.489. The quantitative estimate of drug-likeness (QED) is 0.0382. The lowest BCUT2D eigenvalue weighted by molar-refractivity contribution is -0.143. The predicted molar refractivity (Wildman–Crippen MR) is 455 cm³/mol. The molecular weight excluding hydrogens is 1450 g/mol. The minimum absolute atomic E-state index is 0.105. The molecule has 10 rings (SSSR count). The van der Waals surface area contributed by atoms with E-state index in [4.69, 9.17) is 28.4 Å². The van der Waals surface area contributed by atoms with Crippen LogP contribution in [0.15, 0.2) is 176 Å². The summed E-state index contributed by atoms with van der Waals surface area (Å²) in [6.07, 6.45) is 0.470. The second kappa shape index (κ2) is 43.2. The van der Waals surface area contributed by atoms with Crippen molar-refractivity contribution < 1.29 is 57.2 Å². The molecule has 0 bridgehead atoms. The first-order valence-electron chi connectivity index (χ1n) is 41.1. The lowest BCUT2D eigenvalue weighted by Gasteiger charge is -2.37. The molecule has 7 aromatic carbocycles. The standard InChI is InChI=1S/C35H45N3O4.C30H43N3O4.C29H41N3O4/c1-25(2)37(26(3)4)21-19-36-35(40)34-31-17-16-30(42-24-27-12-8-6-9-13-27)22-29(31)18-20-38(34)33(39)23-32(41-5)28-14-10-7-11-15-28;1-21(2)32(22(3)4)16-15-31-28(34)27-18-25-17-26(36-20-23-11-9-8-10-12-23)14-13-24(25)19-33(27)29(35)37-30(5,6)7;1-20(2)31(21(3)4)18-16-30-27(33)26-25-14-13-24(35-23-11-9-8-10-12-23)19-22(25)15-17-32(26)28(34)36-29(5,6)7/h6-17,22,25-26,32,34H,18-21,23-24H2,1-5H3,(H,36,40);8-14,17,21-22,27H,15-16,18-20H2,1-7H3,(H,31,34);8-14,19-21,26H,15-18H2,1-7H3,(H,30,33). The predicted octanol–water partition coefficient (Wildman–Crippen LogP) is 16.4. The van der Waals surface area contributed by atoms with Crippen LogP contribution in [-0.2, 0) is 72.4 Å². The number of carbonyl (C=O) groups excluding carboxylic acids is 6. The van der Waals surface area contributed by atoms with E-state index >= 15 is 0 Å². The second-order valence-electron chi connectivity index (χ2n) is 33.5. The van der Waals surface area contributed by atoms with Crippen molar-refractivity contribution in [3.63, 3.8) is 0 Å². The minimum atomic E-state index is -0.763. The van der Waals surface area contributed by atoms with E-state index < -0.39 is 41.5 Å². The Labute approximate surface area is 685 Å².